The summed E-state index contributed by atoms with van der Waals surface area (Å²) in [6.45, 7) is 0. The molecule has 0 saturated heterocycles. The minimum atomic E-state index is 1.15. The summed E-state index contributed by atoms with van der Waals surface area (Å²) in [5.74, 6) is 0. The molecule has 224 valence electrons. The number of hydrogen-bond acceptors (Lipinski definition) is 0. The van der Waals surface area contributed by atoms with E-state index in [-0.39, 0.29) is 0 Å². The number of hydrogen-bond donors (Lipinski definition) is 0. The smallest absolute Gasteiger partial charge is 0.0548 e. The summed E-state index contributed by atoms with van der Waals surface area (Å²) < 4.78 is 4.90. The van der Waals surface area contributed by atoms with E-state index in [0.717, 1.165) is 5.69 Å². The number of para-hydroxylation sites is 2. The summed E-state index contributed by atoms with van der Waals surface area (Å²) >= 11 is 0. The van der Waals surface area contributed by atoms with Gasteiger partial charge in [0.15, 0.2) is 0 Å². The van der Waals surface area contributed by atoms with Crippen molar-refractivity contribution >= 4 is 54.4 Å². The van der Waals surface area contributed by atoms with E-state index in [0.29, 0.717) is 0 Å². The molecular formula is C46H30N2. The molecule has 0 aliphatic carbocycles. The van der Waals surface area contributed by atoms with Crippen LogP contribution in [0.15, 0.2) is 182 Å². The van der Waals surface area contributed by atoms with E-state index >= 15 is 0 Å². The average Bonchev–Trinajstić information content (AvgIpc) is 3.66. The highest BCUT2D eigenvalue weighted by molar-refractivity contribution is 6.19. The van der Waals surface area contributed by atoms with Gasteiger partial charge < -0.3 is 9.13 Å². The highest BCUT2D eigenvalue weighted by atomic mass is 15.0. The van der Waals surface area contributed by atoms with Gasteiger partial charge in [0.05, 0.1) is 22.1 Å². The van der Waals surface area contributed by atoms with E-state index in [1.165, 1.54) is 82.3 Å². The Hall–Kier alpha value is -6.38. The van der Waals surface area contributed by atoms with E-state index in [4.69, 9.17) is 0 Å². The van der Waals surface area contributed by atoms with Crippen LogP contribution in [0, 0.1) is 0 Å². The molecule has 0 unspecified atom stereocenters. The normalized spacial score (nSPS) is 11.8. The zero-order valence-corrected chi connectivity index (χ0v) is 26.2. The molecule has 0 spiro atoms. The van der Waals surface area contributed by atoms with Crippen molar-refractivity contribution in [3.63, 3.8) is 0 Å². The number of benzene rings is 8. The Morgan fingerprint density at radius 2 is 0.729 bits per heavy atom. The Morgan fingerprint density at radius 1 is 0.250 bits per heavy atom. The summed E-state index contributed by atoms with van der Waals surface area (Å²) in [5.41, 5.74) is 12.0. The molecule has 0 aliphatic heterocycles. The quantitative estimate of drug-likeness (QED) is 0.188. The number of fused-ring (bicyclic) bond motifs is 7. The molecule has 48 heavy (non-hydrogen) atoms. The van der Waals surface area contributed by atoms with E-state index in [9.17, 15) is 0 Å². The fourth-order valence-corrected chi connectivity index (χ4v) is 7.64. The van der Waals surface area contributed by atoms with Gasteiger partial charge >= 0.3 is 0 Å². The predicted molar refractivity (Wildman–Crippen MR) is 203 cm³/mol. The molecule has 2 aromatic heterocycles. The van der Waals surface area contributed by atoms with Crippen molar-refractivity contribution < 1.29 is 0 Å². The molecule has 0 saturated carbocycles. The molecule has 0 radical (unpaired) electrons. The molecule has 8 aromatic carbocycles. The van der Waals surface area contributed by atoms with Gasteiger partial charge in [0, 0.05) is 32.9 Å². The fourth-order valence-electron chi connectivity index (χ4n) is 7.64. The lowest BCUT2D eigenvalue weighted by molar-refractivity contribution is 1.18. The van der Waals surface area contributed by atoms with Crippen molar-refractivity contribution in [2.75, 3.05) is 0 Å². The topological polar surface area (TPSA) is 9.86 Å². The third-order valence-electron chi connectivity index (χ3n) is 9.85. The molecule has 2 nitrogen and oxygen atoms in total. The maximum absolute atomic E-state index is 2.46. The SMILES string of the molecule is c1ccc(-c2cc(-c3ccccc3)cc(-n3c4ccccc4c4cc5c(cc43)c3ccccc3n5-c3ccc4ccccc4c3)c2)cc1. The molecule has 0 aliphatic rings. The Kier molecular flexibility index (Phi) is 5.91. The molecule has 2 heteroatoms. The van der Waals surface area contributed by atoms with Gasteiger partial charge in [-0.25, -0.2) is 0 Å². The highest BCUT2D eigenvalue weighted by Gasteiger charge is 2.19. The second kappa shape index (κ2) is 10.6. The monoisotopic (exact) mass is 610 g/mol. The van der Waals surface area contributed by atoms with Crippen molar-refractivity contribution in [3.8, 4) is 33.6 Å². The van der Waals surface area contributed by atoms with Gasteiger partial charge in [0.1, 0.15) is 0 Å². The van der Waals surface area contributed by atoms with Gasteiger partial charge in [0.25, 0.3) is 0 Å². The van der Waals surface area contributed by atoms with Gasteiger partial charge in [-0.3, -0.25) is 0 Å². The summed E-state index contributed by atoms with van der Waals surface area (Å²) in [5, 5.41) is 7.48. The predicted octanol–water partition coefficient (Wildman–Crippen LogP) is 12.4. The van der Waals surface area contributed by atoms with E-state index < -0.39 is 0 Å². The standard InChI is InChI=1S/C46H30N2/c1-3-13-31(14-4-1)35-25-36(32-15-5-2-6-16-32)28-38(27-35)48-44-22-12-10-20-40(44)42-29-45-41(30-46(42)48)39-19-9-11-21-43(39)47(45)37-24-23-33-17-7-8-18-34(33)26-37/h1-30H. The van der Waals surface area contributed by atoms with Crippen LogP contribution in [0.3, 0.4) is 0 Å². The van der Waals surface area contributed by atoms with Crippen LogP contribution < -0.4 is 0 Å². The fraction of sp³-hybridized carbons (Fsp3) is 0. The molecule has 0 atom stereocenters. The zero-order valence-electron chi connectivity index (χ0n) is 26.2. The van der Waals surface area contributed by atoms with Crippen molar-refractivity contribution in [1.29, 1.82) is 0 Å². The van der Waals surface area contributed by atoms with Crippen molar-refractivity contribution in [2.24, 2.45) is 0 Å². The van der Waals surface area contributed by atoms with Crippen LogP contribution in [0.1, 0.15) is 0 Å². The molecule has 0 N–H and O–H groups in total. The van der Waals surface area contributed by atoms with Crippen LogP contribution in [-0.4, -0.2) is 9.13 Å². The van der Waals surface area contributed by atoms with Crippen molar-refractivity contribution in [3.05, 3.63) is 182 Å². The molecule has 10 aromatic rings. The Labute approximate surface area is 278 Å². The number of aromatic nitrogens is 2. The Morgan fingerprint density at radius 3 is 1.31 bits per heavy atom. The van der Waals surface area contributed by atoms with E-state index in [2.05, 4.69) is 191 Å². The largest absolute Gasteiger partial charge is 0.309 e. The van der Waals surface area contributed by atoms with Gasteiger partial charge in [-0.05, 0) is 87.6 Å². The first-order valence-corrected chi connectivity index (χ1v) is 16.5. The maximum atomic E-state index is 2.46. The van der Waals surface area contributed by atoms with Crippen molar-refractivity contribution in [2.45, 2.75) is 0 Å². The number of nitrogens with zero attached hydrogens (tertiary/aromatic N) is 2. The van der Waals surface area contributed by atoms with Crippen LogP contribution in [-0.2, 0) is 0 Å². The second-order valence-electron chi connectivity index (χ2n) is 12.6. The van der Waals surface area contributed by atoms with Crippen LogP contribution >= 0.6 is 0 Å². The third-order valence-corrected chi connectivity index (χ3v) is 9.85. The average molecular weight is 611 g/mol. The summed E-state index contributed by atoms with van der Waals surface area (Å²) in [7, 11) is 0. The first kappa shape index (κ1) is 26.8. The summed E-state index contributed by atoms with van der Waals surface area (Å²) in [4.78, 5) is 0. The highest BCUT2D eigenvalue weighted by Crippen LogP contribution is 2.41. The molecule has 0 amide bonds. The summed E-state index contributed by atoms with van der Waals surface area (Å²) in [6.07, 6.45) is 0. The minimum Gasteiger partial charge on any atom is -0.309 e. The first-order chi connectivity index (χ1) is 23.8. The van der Waals surface area contributed by atoms with Crippen LogP contribution in [0.2, 0.25) is 0 Å². The second-order valence-corrected chi connectivity index (χ2v) is 12.6. The summed E-state index contributed by atoms with van der Waals surface area (Å²) in [6, 6.07) is 66.3. The van der Waals surface area contributed by atoms with Crippen LogP contribution in [0.5, 0.6) is 0 Å². The van der Waals surface area contributed by atoms with Gasteiger partial charge in [-0.1, -0.05) is 127 Å². The first-order valence-electron chi connectivity index (χ1n) is 16.5. The number of rotatable bonds is 4. The van der Waals surface area contributed by atoms with Gasteiger partial charge in [-0.15, -0.1) is 0 Å². The van der Waals surface area contributed by atoms with Crippen molar-refractivity contribution in [1.82, 2.24) is 9.13 Å². The molecule has 0 bridgehead atoms. The molecular weight excluding hydrogens is 581 g/mol. The Bertz CT molecular complexity index is 2760. The maximum Gasteiger partial charge on any atom is 0.0548 e. The van der Waals surface area contributed by atoms with E-state index in [1.807, 2.05) is 0 Å². The molecule has 10 rings (SSSR count). The lowest BCUT2D eigenvalue weighted by Crippen LogP contribution is -1.96. The van der Waals surface area contributed by atoms with Gasteiger partial charge in [0.2, 0.25) is 0 Å². The third kappa shape index (κ3) is 4.13. The van der Waals surface area contributed by atoms with Gasteiger partial charge in [-0.2, -0.15) is 0 Å². The van der Waals surface area contributed by atoms with Crippen LogP contribution in [0.25, 0.3) is 88.0 Å². The lowest BCUT2D eigenvalue weighted by atomic mass is 9.98. The van der Waals surface area contributed by atoms with E-state index in [1.54, 1.807) is 0 Å². The Balaban J connectivity index is 1.30. The minimum absolute atomic E-state index is 1.15. The molecule has 2 heterocycles. The van der Waals surface area contributed by atoms with Crippen LogP contribution in [0.4, 0.5) is 0 Å². The molecule has 0 fully saturated rings. The lowest BCUT2D eigenvalue weighted by Gasteiger charge is -2.14. The zero-order chi connectivity index (χ0) is 31.6.